The third kappa shape index (κ3) is 6.28. The van der Waals surface area contributed by atoms with E-state index in [0.29, 0.717) is 6.54 Å². The fraction of sp³-hybridized carbons (Fsp3) is 0.462. The highest BCUT2D eigenvalue weighted by atomic mass is 35.5. The summed E-state index contributed by atoms with van der Waals surface area (Å²) in [6.07, 6.45) is 2.83. The van der Waals surface area contributed by atoms with Crippen molar-refractivity contribution in [1.29, 1.82) is 0 Å². The summed E-state index contributed by atoms with van der Waals surface area (Å²) in [5, 5.41) is 3.23. The van der Waals surface area contributed by atoms with Gasteiger partial charge in [0, 0.05) is 6.54 Å². The Balaban J connectivity index is 0.00000289. The predicted octanol–water partition coefficient (Wildman–Crippen LogP) is 2.49. The second-order valence-electron chi connectivity index (χ2n) is 3.72. The Morgan fingerprint density at radius 1 is 1.39 bits per heavy atom. The summed E-state index contributed by atoms with van der Waals surface area (Å²) in [5.74, 6) is 0.761. The van der Waals surface area contributed by atoms with Crippen LogP contribution in [0.1, 0.15) is 12.0 Å². The van der Waals surface area contributed by atoms with Gasteiger partial charge in [-0.3, -0.25) is 4.79 Å². The molecule has 0 spiro atoms. The molecule has 1 aromatic rings. The number of thioether (sulfide) groups is 1. The van der Waals surface area contributed by atoms with Crippen molar-refractivity contribution >= 4 is 30.1 Å². The molecule has 0 unspecified atom stereocenters. The number of carbonyl (C=O) groups is 1. The van der Waals surface area contributed by atoms with E-state index in [1.165, 1.54) is 12.7 Å². The van der Waals surface area contributed by atoms with Crippen molar-refractivity contribution in [2.24, 2.45) is 0 Å². The van der Waals surface area contributed by atoms with E-state index in [1.807, 2.05) is 36.6 Å². The number of hydrogen-bond donors (Lipinski definition) is 1. The maximum Gasteiger partial charge on any atom is 0.322 e. The molecule has 0 heterocycles. The lowest BCUT2D eigenvalue weighted by Gasteiger charge is -2.15. The number of esters is 1. The first-order valence-corrected chi connectivity index (χ1v) is 7.01. The molecule has 0 bridgehead atoms. The van der Waals surface area contributed by atoms with E-state index >= 15 is 0 Å². The van der Waals surface area contributed by atoms with Gasteiger partial charge in [0.25, 0.3) is 0 Å². The summed E-state index contributed by atoms with van der Waals surface area (Å²) >= 11 is 1.73. The van der Waals surface area contributed by atoms with Crippen LogP contribution in [0.2, 0.25) is 0 Å². The van der Waals surface area contributed by atoms with Crippen molar-refractivity contribution in [1.82, 2.24) is 5.32 Å². The van der Waals surface area contributed by atoms with Crippen LogP contribution < -0.4 is 5.32 Å². The Bertz CT molecular complexity index is 335. The monoisotopic (exact) mass is 289 g/mol. The number of carbonyl (C=O) groups excluding carboxylic acids is 1. The molecule has 0 aliphatic heterocycles. The highest BCUT2D eigenvalue weighted by Gasteiger charge is 2.17. The molecule has 0 saturated carbocycles. The zero-order valence-electron chi connectivity index (χ0n) is 10.7. The zero-order chi connectivity index (χ0) is 12.5. The molecular formula is C13H20ClNO2S. The third-order valence-corrected chi connectivity index (χ3v) is 3.14. The number of halogens is 1. The first-order valence-electron chi connectivity index (χ1n) is 5.62. The van der Waals surface area contributed by atoms with Gasteiger partial charge >= 0.3 is 5.97 Å². The van der Waals surface area contributed by atoms with Crippen molar-refractivity contribution in [3.8, 4) is 0 Å². The number of benzene rings is 1. The van der Waals surface area contributed by atoms with Crippen molar-refractivity contribution < 1.29 is 9.53 Å². The summed E-state index contributed by atoms with van der Waals surface area (Å²) in [6.45, 7) is 0.689. The van der Waals surface area contributed by atoms with E-state index in [0.717, 1.165) is 12.2 Å². The molecule has 1 aromatic carbocycles. The van der Waals surface area contributed by atoms with Gasteiger partial charge in [0.2, 0.25) is 0 Å². The third-order valence-electron chi connectivity index (χ3n) is 2.49. The normalized spacial score (nSPS) is 11.4. The Kier molecular flexibility index (Phi) is 9.83. The molecule has 0 aromatic heterocycles. The van der Waals surface area contributed by atoms with Crippen LogP contribution in [0.25, 0.3) is 0 Å². The number of rotatable bonds is 7. The Morgan fingerprint density at radius 2 is 2.06 bits per heavy atom. The van der Waals surface area contributed by atoms with Gasteiger partial charge in [-0.2, -0.15) is 11.8 Å². The standard InChI is InChI=1S/C13H19NO2S.ClH/c1-16-13(15)12(8-9-17-2)14-10-11-6-4-3-5-7-11;/h3-7,12,14H,8-10H2,1-2H3;1H/t12-;/m1./s1. The summed E-state index contributed by atoms with van der Waals surface area (Å²) < 4.78 is 4.79. The lowest BCUT2D eigenvalue weighted by atomic mass is 10.2. The molecule has 1 rings (SSSR count). The van der Waals surface area contributed by atoms with E-state index in [2.05, 4.69) is 5.32 Å². The van der Waals surface area contributed by atoms with Crippen LogP contribution in [-0.2, 0) is 16.1 Å². The fourth-order valence-corrected chi connectivity index (χ4v) is 1.99. The number of ether oxygens (including phenoxy) is 1. The van der Waals surface area contributed by atoms with Crippen LogP contribution in [0.15, 0.2) is 30.3 Å². The summed E-state index contributed by atoms with van der Waals surface area (Å²) in [6, 6.07) is 9.83. The van der Waals surface area contributed by atoms with Gasteiger partial charge < -0.3 is 10.1 Å². The van der Waals surface area contributed by atoms with Crippen molar-refractivity contribution in [3.05, 3.63) is 35.9 Å². The molecule has 0 amide bonds. The van der Waals surface area contributed by atoms with Gasteiger partial charge in [0.05, 0.1) is 7.11 Å². The highest BCUT2D eigenvalue weighted by Crippen LogP contribution is 2.04. The van der Waals surface area contributed by atoms with Crippen LogP contribution in [0.5, 0.6) is 0 Å². The van der Waals surface area contributed by atoms with Crippen LogP contribution in [0, 0.1) is 0 Å². The summed E-state index contributed by atoms with van der Waals surface area (Å²) in [7, 11) is 1.43. The van der Waals surface area contributed by atoms with Crippen molar-refractivity contribution in [2.45, 2.75) is 19.0 Å². The number of hydrogen-bond acceptors (Lipinski definition) is 4. The van der Waals surface area contributed by atoms with Gasteiger partial charge in [0.15, 0.2) is 0 Å². The average molecular weight is 290 g/mol. The molecule has 0 aliphatic carbocycles. The van der Waals surface area contributed by atoms with Crippen LogP contribution in [-0.4, -0.2) is 31.1 Å². The molecule has 0 radical (unpaired) electrons. The van der Waals surface area contributed by atoms with Crippen LogP contribution >= 0.6 is 24.2 Å². The van der Waals surface area contributed by atoms with E-state index in [4.69, 9.17) is 4.74 Å². The van der Waals surface area contributed by atoms with E-state index in [-0.39, 0.29) is 24.4 Å². The van der Waals surface area contributed by atoms with Gasteiger partial charge in [-0.1, -0.05) is 30.3 Å². The molecule has 5 heteroatoms. The zero-order valence-corrected chi connectivity index (χ0v) is 12.4. The minimum atomic E-state index is -0.215. The Morgan fingerprint density at radius 3 is 2.61 bits per heavy atom. The predicted molar refractivity (Wildman–Crippen MR) is 79.3 cm³/mol. The van der Waals surface area contributed by atoms with Crippen LogP contribution in [0.4, 0.5) is 0 Å². The van der Waals surface area contributed by atoms with Crippen LogP contribution in [0.3, 0.4) is 0 Å². The second kappa shape index (κ2) is 10.2. The van der Waals surface area contributed by atoms with E-state index in [1.54, 1.807) is 11.8 Å². The molecule has 1 N–H and O–H groups in total. The van der Waals surface area contributed by atoms with Gasteiger partial charge in [0.1, 0.15) is 6.04 Å². The van der Waals surface area contributed by atoms with E-state index in [9.17, 15) is 4.79 Å². The lowest BCUT2D eigenvalue weighted by molar-refractivity contribution is -0.143. The first kappa shape index (κ1) is 17.3. The molecule has 3 nitrogen and oxygen atoms in total. The largest absolute Gasteiger partial charge is 0.468 e. The quantitative estimate of drug-likeness (QED) is 0.783. The Hall–Kier alpha value is -0.710. The topological polar surface area (TPSA) is 38.3 Å². The second-order valence-corrected chi connectivity index (χ2v) is 4.71. The molecule has 0 fully saturated rings. The maximum atomic E-state index is 11.5. The molecular weight excluding hydrogens is 270 g/mol. The Labute approximate surface area is 119 Å². The molecule has 0 saturated heterocycles. The first-order chi connectivity index (χ1) is 8.27. The minimum absolute atomic E-state index is 0. The smallest absolute Gasteiger partial charge is 0.322 e. The average Bonchev–Trinajstić information content (AvgIpc) is 2.39. The van der Waals surface area contributed by atoms with E-state index < -0.39 is 0 Å². The van der Waals surface area contributed by atoms with Crippen molar-refractivity contribution in [2.75, 3.05) is 19.1 Å². The summed E-state index contributed by atoms with van der Waals surface area (Å²) in [5.41, 5.74) is 1.17. The molecule has 1 atom stereocenters. The lowest BCUT2D eigenvalue weighted by Crippen LogP contribution is -2.37. The summed E-state index contributed by atoms with van der Waals surface area (Å²) in [4.78, 5) is 11.5. The molecule has 18 heavy (non-hydrogen) atoms. The maximum absolute atomic E-state index is 11.5. The fourth-order valence-electron chi connectivity index (χ4n) is 1.52. The van der Waals surface area contributed by atoms with Crippen molar-refractivity contribution in [3.63, 3.8) is 0 Å². The van der Waals surface area contributed by atoms with Gasteiger partial charge in [-0.15, -0.1) is 12.4 Å². The number of nitrogens with one attached hydrogen (secondary N) is 1. The van der Waals surface area contributed by atoms with Gasteiger partial charge in [-0.25, -0.2) is 0 Å². The SMILES string of the molecule is COC(=O)[C@@H](CCSC)NCc1ccccc1.Cl. The minimum Gasteiger partial charge on any atom is -0.468 e. The van der Waals surface area contributed by atoms with Gasteiger partial charge in [-0.05, 0) is 24.0 Å². The highest BCUT2D eigenvalue weighted by molar-refractivity contribution is 7.98. The number of methoxy groups -OCH3 is 1. The molecule has 0 aliphatic rings. The molecule has 102 valence electrons.